The first-order valence-corrected chi connectivity index (χ1v) is 9.58. The van der Waals surface area contributed by atoms with E-state index in [1.54, 1.807) is 4.90 Å². The van der Waals surface area contributed by atoms with Gasteiger partial charge in [0.1, 0.15) is 5.60 Å². The number of carbonyl (C=O) groups is 1. The van der Waals surface area contributed by atoms with Gasteiger partial charge in [0.05, 0.1) is 18.2 Å². The van der Waals surface area contributed by atoms with Crippen LogP contribution in [-0.4, -0.2) is 41.9 Å². The summed E-state index contributed by atoms with van der Waals surface area (Å²) in [6.45, 7) is 13.4. The number of likely N-dealkylation sites (N-methyl/N-ethyl adjacent to an activating group) is 1. The van der Waals surface area contributed by atoms with Crippen LogP contribution >= 0.6 is 0 Å². The Hall–Kier alpha value is -0.770. The van der Waals surface area contributed by atoms with Gasteiger partial charge in [-0.3, -0.25) is 0 Å². The smallest absolute Gasteiger partial charge is 0.410 e. The summed E-state index contributed by atoms with van der Waals surface area (Å²) in [6.07, 6.45) is 6.67. The van der Waals surface area contributed by atoms with Gasteiger partial charge in [-0.2, -0.15) is 0 Å². The molecule has 1 aliphatic heterocycles. The van der Waals surface area contributed by atoms with Gasteiger partial charge in [-0.1, -0.05) is 27.2 Å². The van der Waals surface area contributed by atoms with E-state index in [2.05, 4.69) is 20.8 Å². The van der Waals surface area contributed by atoms with Crippen LogP contribution in [0, 0.1) is 11.3 Å². The number of ether oxygens (including phenoxy) is 2. The SMILES string of the molecule is CCC(C)(C)C1CCC2(CC1)CC(N(C)C(=O)OC(C)(C)C)CO2. The van der Waals surface area contributed by atoms with Crippen molar-refractivity contribution in [3.05, 3.63) is 0 Å². The molecule has 1 unspecified atom stereocenters. The Kier molecular flexibility index (Phi) is 5.59. The molecule has 1 saturated carbocycles. The Morgan fingerprint density at radius 2 is 1.79 bits per heavy atom. The van der Waals surface area contributed by atoms with Crippen molar-refractivity contribution >= 4 is 6.09 Å². The van der Waals surface area contributed by atoms with Gasteiger partial charge in [0.2, 0.25) is 0 Å². The molecule has 1 spiro atoms. The van der Waals surface area contributed by atoms with Crippen LogP contribution in [0.1, 0.15) is 80.1 Å². The van der Waals surface area contributed by atoms with E-state index < -0.39 is 5.60 Å². The molecule has 1 amide bonds. The second-order valence-electron chi connectivity index (χ2n) is 9.56. The Morgan fingerprint density at radius 3 is 2.29 bits per heavy atom. The molecule has 0 N–H and O–H groups in total. The van der Waals surface area contributed by atoms with Gasteiger partial charge in [0.15, 0.2) is 0 Å². The fourth-order valence-corrected chi connectivity index (χ4v) is 4.11. The molecule has 0 aromatic rings. The fraction of sp³-hybridized carbons (Fsp3) is 0.950. The molecular formula is C20H37NO3. The zero-order valence-electron chi connectivity index (χ0n) is 16.8. The highest BCUT2D eigenvalue weighted by Crippen LogP contribution is 2.48. The van der Waals surface area contributed by atoms with E-state index in [1.165, 1.54) is 19.3 Å². The van der Waals surface area contributed by atoms with Crippen molar-refractivity contribution in [2.45, 2.75) is 97.3 Å². The molecule has 0 aromatic carbocycles. The summed E-state index contributed by atoms with van der Waals surface area (Å²) in [4.78, 5) is 14.0. The lowest BCUT2D eigenvalue weighted by Crippen LogP contribution is -2.42. The summed E-state index contributed by atoms with van der Waals surface area (Å²) < 4.78 is 11.7. The summed E-state index contributed by atoms with van der Waals surface area (Å²) in [7, 11) is 1.84. The van der Waals surface area contributed by atoms with E-state index >= 15 is 0 Å². The van der Waals surface area contributed by atoms with Crippen LogP contribution in [-0.2, 0) is 9.47 Å². The highest BCUT2D eigenvalue weighted by molar-refractivity contribution is 5.68. The van der Waals surface area contributed by atoms with Crippen LogP contribution in [0.4, 0.5) is 4.79 Å². The van der Waals surface area contributed by atoms with Crippen molar-refractivity contribution in [2.24, 2.45) is 11.3 Å². The predicted octanol–water partition coefficient (Wildman–Crippen LogP) is 5.01. The van der Waals surface area contributed by atoms with E-state index in [0.29, 0.717) is 12.0 Å². The van der Waals surface area contributed by atoms with Gasteiger partial charge in [-0.05, 0) is 64.2 Å². The first kappa shape index (κ1) is 19.6. The maximum atomic E-state index is 12.3. The number of hydrogen-bond acceptors (Lipinski definition) is 3. The molecule has 4 nitrogen and oxygen atoms in total. The van der Waals surface area contributed by atoms with Crippen molar-refractivity contribution in [1.29, 1.82) is 0 Å². The first-order valence-electron chi connectivity index (χ1n) is 9.58. The second-order valence-corrected chi connectivity index (χ2v) is 9.56. The van der Waals surface area contributed by atoms with Crippen molar-refractivity contribution < 1.29 is 14.3 Å². The standard InChI is InChI=1S/C20H37NO3/c1-8-19(5,6)15-9-11-20(12-10-15)13-16(14-23-20)21(7)17(22)24-18(2,3)4/h15-16H,8-14H2,1-7H3. The third-order valence-electron chi connectivity index (χ3n) is 6.33. The Bertz CT molecular complexity index is 444. The Balaban J connectivity index is 1.90. The molecule has 0 radical (unpaired) electrons. The monoisotopic (exact) mass is 339 g/mol. The molecule has 1 aliphatic carbocycles. The number of nitrogens with zero attached hydrogens (tertiary/aromatic N) is 1. The molecule has 2 aliphatic rings. The number of rotatable bonds is 3. The predicted molar refractivity (Wildman–Crippen MR) is 97.1 cm³/mol. The maximum Gasteiger partial charge on any atom is 0.410 e. The summed E-state index contributed by atoms with van der Waals surface area (Å²) in [5.41, 5.74) is -0.0412. The lowest BCUT2D eigenvalue weighted by molar-refractivity contribution is -0.0491. The minimum atomic E-state index is -0.452. The molecule has 1 saturated heterocycles. The summed E-state index contributed by atoms with van der Waals surface area (Å²) in [5.74, 6) is 0.791. The van der Waals surface area contributed by atoms with E-state index in [1.807, 2.05) is 27.8 Å². The van der Waals surface area contributed by atoms with Crippen molar-refractivity contribution in [3.8, 4) is 0 Å². The normalized spacial score (nSPS) is 31.3. The van der Waals surface area contributed by atoms with Gasteiger partial charge in [-0.15, -0.1) is 0 Å². The first-order chi connectivity index (χ1) is 11.0. The van der Waals surface area contributed by atoms with Crippen molar-refractivity contribution in [1.82, 2.24) is 4.90 Å². The molecule has 4 heteroatoms. The Morgan fingerprint density at radius 1 is 1.21 bits per heavy atom. The quantitative estimate of drug-likeness (QED) is 0.725. The minimum absolute atomic E-state index is 0.0126. The summed E-state index contributed by atoms with van der Waals surface area (Å²) in [5, 5.41) is 0. The van der Waals surface area contributed by atoms with E-state index in [-0.39, 0.29) is 17.7 Å². The molecule has 0 aromatic heterocycles. The van der Waals surface area contributed by atoms with Crippen molar-refractivity contribution in [2.75, 3.05) is 13.7 Å². The van der Waals surface area contributed by atoms with E-state index in [9.17, 15) is 4.79 Å². The molecule has 2 fully saturated rings. The molecule has 0 bridgehead atoms. The second kappa shape index (κ2) is 6.86. The molecule has 140 valence electrons. The van der Waals surface area contributed by atoms with E-state index in [4.69, 9.17) is 9.47 Å². The highest BCUT2D eigenvalue weighted by Gasteiger charge is 2.47. The zero-order valence-corrected chi connectivity index (χ0v) is 16.8. The molecule has 24 heavy (non-hydrogen) atoms. The number of amides is 1. The summed E-state index contributed by atoms with van der Waals surface area (Å²) >= 11 is 0. The Labute approximate surface area is 148 Å². The maximum absolute atomic E-state index is 12.3. The lowest BCUT2D eigenvalue weighted by Gasteiger charge is -2.43. The van der Waals surface area contributed by atoms with Gasteiger partial charge in [0.25, 0.3) is 0 Å². The molecule has 1 heterocycles. The molecule has 1 atom stereocenters. The minimum Gasteiger partial charge on any atom is -0.444 e. The highest BCUT2D eigenvalue weighted by atomic mass is 16.6. The largest absolute Gasteiger partial charge is 0.444 e. The lowest BCUT2D eigenvalue weighted by atomic mass is 9.66. The summed E-state index contributed by atoms with van der Waals surface area (Å²) in [6, 6.07) is 0.135. The molecule has 2 rings (SSSR count). The topological polar surface area (TPSA) is 38.8 Å². The van der Waals surface area contributed by atoms with Crippen LogP contribution in [0.3, 0.4) is 0 Å². The van der Waals surface area contributed by atoms with Gasteiger partial charge >= 0.3 is 6.09 Å². The average Bonchev–Trinajstić information content (AvgIpc) is 2.89. The third-order valence-corrected chi connectivity index (χ3v) is 6.33. The van der Waals surface area contributed by atoms with Crippen LogP contribution in [0.25, 0.3) is 0 Å². The zero-order chi connectivity index (χ0) is 18.2. The van der Waals surface area contributed by atoms with Crippen LogP contribution < -0.4 is 0 Å². The fourth-order valence-electron chi connectivity index (χ4n) is 4.11. The van der Waals surface area contributed by atoms with Crippen LogP contribution in [0.2, 0.25) is 0 Å². The van der Waals surface area contributed by atoms with Gasteiger partial charge < -0.3 is 14.4 Å². The average molecular weight is 340 g/mol. The van der Waals surface area contributed by atoms with Crippen molar-refractivity contribution in [3.63, 3.8) is 0 Å². The third kappa shape index (κ3) is 4.44. The number of hydrogen-bond donors (Lipinski definition) is 0. The van der Waals surface area contributed by atoms with Gasteiger partial charge in [-0.25, -0.2) is 4.79 Å². The molecular weight excluding hydrogens is 302 g/mol. The van der Waals surface area contributed by atoms with E-state index in [0.717, 1.165) is 25.2 Å². The van der Waals surface area contributed by atoms with Crippen LogP contribution in [0.5, 0.6) is 0 Å². The van der Waals surface area contributed by atoms with Gasteiger partial charge in [0, 0.05) is 7.05 Å². The number of carbonyl (C=O) groups excluding carboxylic acids is 1. The van der Waals surface area contributed by atoms with Crippen LogP contribution in [0.15, 0.2) is 0 Å².